The van der Waals surface area contributed by atoms with Crippen LogP contribution < -0.4 is 10.5 Å². The second kappa shape index (κ2) is 14.9. The Morgan fingerprint density at radius 1 is 0.851 bits per heavy atom. The van der Waals surface area contributed by atoms with Crippen molar-refractivity contribution in [2.45, 2.75) is 25.9 Å². The molecular weight excluding hydrogens is 664 g/mol. The Morgan fingerprint density at radius 2 is 1.45 bits per heavy atom. The monoisotopic (exact) mass is 688 g/mol. The Bertz CT molecular complexity index is 1870. The lowest BCUT2D eigenvalue weighted by Gasteiger charge is -2.18. The lowest BCUT2D eigenvalue weighted by molar-refractivity contribution is -0.138. The fourth-order valence-electron chi connectivity index (χ4n) is 4.11. The minimum Gasteiger partial charge on any atom is -0.424 e. The van der Waals surface area contributed by atoms with E-state index >= 15 is 0 Å². The number of alkyl halides is 3. The van der Waals surface area contributed by atoms with Crippen molar-refractivity contribution in [1.29, 1.82) is 0 Å². The molecule has 0 radical (unpaired) electrons. The summed E-state index contributed by atoms with van der Waals surface area (Å²) in [7, 11) is -4.28. The molecule has 1 aromatic heterocycles. The molecule has 0 unspecified atom stereocenters. The number of hydrogen-bond donors (Lipinski definition) is 0. The minimum atomic E-state index is -4.54. The van der Waals surface area contributed by atoms with E-state index in [1.54, 1.807) is 48.5 Å². The van der Waals surface area contributed by atoms with Gasteiger partial charge in [-0.15, -0.1) is 5.10 Å². The van der Waals surface area contributed by atoms with E-state index in [0.29, 0.717) is 11.1 Å². The molecule has 0 aliphatic heterocycles. The number of halogens is 4. The van der Waals surface area contributed by atoms with Crippen molar-refractivity contribution in [3.05, 3.63) is 141 Å². The van der Waals surface area contributed by atoms with Crippen molar-refractivity contribution in [3.8, 4) is 17.2 Å². The maximum Gasteiger partial charge on any atom is 0.475 e. The van der Waals surface area contributed by atoms with Crippen LogP contribution in [-0.4, -0.2) is 22.4 Å². The number of benzene rings is 4. The predicted octanol–water partition coefficient (Wildman–Crippen LogP) is 7.69. The predicted molar refractivity (Wildman–Crippen MR) is 163 cm³/mol. The first-order valence-corrected chi connectivity index (χ1v) is 15.7. The van der Waals surface area contributed by atoms with Gasteiger partial charge >= 0.3 is 25.7 Å². The van der Waals surface area contributed by atoms with Crippen molar-refractivity contribution in [2.75, 3.05) is 6.61 Å². The van der Waals surface area contributed by atoms with Gasteiger partial charge in [0.1, 0.15) is 5.75 Å². The van der Waals surface area contributed by atoms with Gasteiger partial charge in [0.2, 0.25) is 5.89 Å². The molecule has 0 saturated heterocycles. The summed E-state index contributed by atoms with van der Waals surface area (Å²) in [6, 6.07) is 25.9. The summed E-state index contributed by atoms with van der Waals surface area (Å²) in [4.78, 5) is 25.4. The van der Waals surface area contributed by atoms with E-state index in [0.717, 1.165) is 28.9 Å². The lowest BCUT2D eigenvalue weighted by atomic mass is 10.1. The lowest BCUT2D eigenvalue weighted by Crippen LogP contribution is -2.19. The van der Waals surface area contributed by atoms with Crippen LogP contribution in [0.3, 0.4) is 0 Å². The topological polar surface area (TPSA) is 119 Å². The van der Waals surface area contributed by atoms with E-state index in [1.165, 1.54) is 18.2 Å². The van der Waals surface area contributed by atoms with Gasteiger partial charge < -0.3 is 9.15 Å². The van der Waals surface area contributed by atoms with Gasteiger partial charge in [-0.05, 0) is 53.6 Å². The smallest absolute Gasteiger partial charge is 0.424 e. The van der Waals surface area contributed by atoms with E-state index in [2.05, 4.69) is 5.10 Å². The van der Waals surface area contributed by atoms with Crippen LogP contribution in [0.15, 0.2) is 112 Å². The highest BCUT2D eigenvalue weighted by atomic mass is 35.5. The zero-order chi connectivity index (χ0) is 33.4. The SMILES string of the molecule is O=C(COP(=O)(OCc1ccccc1)OCc1ccccc1)Oc1ccc(Cl)cc1Cn1nc(-c2ccc(C(F)(F)F)cc2)oc1=O. The van der Waals surface area contributed by atoms with Crippen molar-refractivity contribution in [2.24, 2.45) is 0 Å². The second-order valence-corrected chi connectivity index (χ2v) is 12.0. The Kier molecular flexibility index (Phi) is 10.7. The first-order chi connectivity index (χ1) is 22.5. The number of nitrogens with zero attached hydrogens (tertiary/aromatic N) is 2. The minimum absolute atomic E-state index is 0.0285. The summed E-state index contributed by atoms with van der Waals surface area (Å²) < 4.78 is 80.1. The molecule has 5 rings (SSSR count). The van der Waals surface area contributed by atoms with Crippen LogP contribution >= 0.6 is 19.4 Å². The van der Waals surface area contributed by atoms with E-state index in [1.807, 2.05) is 12.1 Å². The van der Waals surface area contributed by atoms with Crippen molar-refractivity contribution >= 4 is 25.4 Å². The zero-order valence-electron chi connectivity index (χ0n) is 24.3. The average molecular weight is 689 g/mol. The molecule has 1 heterocycles. The number of rotatable bonds is 13. The maximum absolute atomic E-state index is 13.5. The fourth-order valence-corrected chi connectivity index (χ4v) is 5.40. The summed E-state index contributed by atoms with van der Waals surface area (Å²) in [6.45, 7) is -1.36. The molecule has 0 atom stereocenters. The second-order valence-electron chi connectivity index (χ2n) is 9.87. The average Bonchev–Trinajstić information content (AvgIpc) is 3.43. The van der Waals surface area contributed by atoms with E-state index in [9.17, 15) is 27.3 Å². The molecule has 0 fully saturated rings. The van der Waals surface area contributed by atoms with E-state index in [4.69, 9.17) is 34.3 Å². The first kappa shape index (κ1) is 33.8. The number of phosphoric acid groups is 1. The third kappa shape index (κ3) is 9.50. The quantitative estimate of drug-likeness (QED) is 0.0697. The van der Waals surface area contributed by atoms with Crippen molar-refractivity contribution in [1.82, 2.24) is 9.78 Å². The summed E-state index contributed by atoms with van der Waals surface area (Å²) in [6.07, 6.45) is -4.54. The number of hydrogen-bond acceptors (Lipinski definition) is 9. The number of carbonyl (C=O) groups excluding carboxylic acids is 1. The highest BCUT2D eigenvalue weighted by Crippen LogP contribution is 2.51. The summed E-state index contributed by atoms with van der Waals surface area (Å²) in [5.41, 5.74) is 0.871. The summed E-state index contributed by atoms with van der Waals surface area (Å²) in [5.74, 6) is -2.15. The molecular formula is C32H25ClF3N2O8P. The number of phosphoric ester groups is 1. The highest BCUT2D eigenvalue weighted by Gasteiger charge is 2.31. The maximum atomic E-state index is 13.5. The van der Waals surface area contributed by atoms with Gasteiger partial charge in [0.05, 0.1) is 25.3 Å². The third-order valence-electron chi connectivity index (χ3n) is 6.44. The molecule has 0 amide bonds. The van der Waals surface area contributed by atoms with Gasteiger partial charge in [-0.2, -0.15) is 17.9 Å². The van der Waals surface area contributed by atoms with Gasteiger partial charge in [0.25, 0.3) is 0 Å². The van der Waals surface area contributed by atoms with Crippen LogP contribution in [0.1, 0.15) is 22.3 Å². The van der Waals surface area contributed by atoms with Crippen molar-refractivity contribution in [3.63, 3.8) is 0 Å². The number of carbonyl (C=O) groups is 1. The molecule has 0 saturated carbocycles. The van der Waals surface area contributed by atoms with Crippen LogP contribution in [-0.2, 0) is 48.9 Å². The van der Waals surface area contributed by atoms with Crippen LogP contribution in [0.4, 0.5) is 13.2 Å². The van der Waals surface area contributed by atoms with Gasteiger partial charge in [-0.25, -0.2) is 14.2 Å². The zero-order valence-corrected chi connectivity index (χ0v) is 25.9. The van der Waals surface area contributed by atoms with E-state index < -0.39 is 37.9 Å². The van der Waals surface area contributed by atoms with Crippen LogP contribution in [0.5, 0.6) is 5.75 Å². The number of esters is 1. The molecule has 0 aliphatic carbocycles. The van der Waals surface area contributed by atoms with Gasteiger partial charge in [0, 0.05) is 16.1 Å². The van der Waals surface area contributed by atoms with Crippen LogP contribution in [0.2, 0.25) is 5.02 Å². The van der Waals surface area contributed by atoms with Gasteiger partial charge in [-0.1, -0.05) is 72.3 Å². The Balaban J connectivity index is 1.27. The molecule has 15 heteroatoms. The molecule has 0 spiro atoms. The molecule has 0 bridgehead atoms. The summed E-state index contributed by atoms with van der Waals surface area (Å²) in [5, 5.41) is 4.29. The molecule has 0 N–H and O–H groups in total. The normalized spacial score (nSPS) is 11.8. The number of ether oxygens (including phenoxy) is 1. The molecule has 10 nitrogen and oxygen atoms in total. The third-order valence-corrected chi connectivity index (χ3v) is 8.01. The molecule has 4 aromatic carbocycles. The highest BCUT2D eigenvalue weighted by molar-refractivity contribution is 7.48. The Hall–Kier alpha value is -4.52. The van der Waals surface area contributed by atoms with Crippen molar-refractivity contribution < 1.29 is 45.3 Å². The van der Waals surface area contributed by atoms with Gasteiger partial charge in [0.15, 0.2) is 6.61 Å². The molecule has 0 aliphatic rings. The Morgan fingerprint density at radius 3 is 2.02 bits per heavy atom. The standard InChI is InChI=1S/C32H25ClF3N2O8P/c33-27-15-16-28(25(17-27)18-38-31(40)46-30(37-38)24-11-13-26(14-12-24)32(34,35)36)45-29(39)21-44-47(41,42-19-22-7-3-1-4-8-22)43-20-23-9-5-2-6-10-23/h1-17H,18-21H2. The Labute approximate surface area is 270 Å². The molecule has 47 heavy (non-hydrogen) atoms. The fraction of sp³-hybridized carbons (Fsp3) is 0.156. The number of aromatic nitrogens is 2. The summed E-state index contributed by atoms with van der Waals surface area (Å²) >= 11 is 6.15. The van der Waals surface area contributed by atoms with Gasteiger partial charge in [-0.3, -0.25) is 13.6 Å². The van der Waals surface area contributed by atoms with Crippen LogP contribution in [0.25, 0.3) is 11.5 Å². The van der Waals surface area contributed by atoms with E-state index in [-0.39, 0.29) is 47.5 Å². The molecule has 5 aromatic rings. The largest absolute Gasteiger partial charge is 0.475 e. The first-order valence-electron chi connectivity index (χ1n) is 13.8. The molecule has 244 valence electrons. The van der Waals surface area contributed by atoms with Crippen LogP contribution in [0, 0.1) is 0 Å².